The van der Waals surface area contributed by atoms with Gasteiger partial charge in [0.1, 0.15) is 11.5 Å². The van der Waals surface area contributed by atoms with Crippen molar-refractivity contribution in [3.63, 3.8) is 0 Å². The van der Waals surface area contributed by atoms with Crippen LogP contribution in [-0.2, 0) is 16.1 Å². The standard InChI is InChI=1S/C26H23FN2O4/c1-28(16-17-9-5-4-6-10-17)24-23(18-13-14-21(32-2)22(15-18)33-3)25(30)29(26(24)31)20-12-8-7-11-19(20)27/h4-15H,16H2,1-3H3. The van der Waals surface area contributed by atoms with Crippen molar-refractivity contribution in [3.05, 3.63) is 95.4 Å². The molecule has 0 N–H and O–H groups in total. The SMILES string of the molecule is COc1ccc(C2=C(N(C)Cc3ccccc3)C(=O)N(c3ccccc3F)C2=O)cc1OC. The number of methoxy groups -OCH3 is 2. The van der Waals surface area contributed by atoms with Gasteiger partial charge in [0, 0.05) is 13.6 Å². The number of ether oxygens (including phenoxy) is 2. The van der Waals surface area contributed by atoms with E-state index in [0.29, 0.717) is 23.6 Å². The fraction of sp³-hybridized carbons (Fsp3) is 0.154. The van der Waals surface area contributed by atoms with Crippen LogP contribution in [0.3, 0.4) is 0 Å². The Kier molecular flexibility index (Phi) is 6.13. The maximum Gasteiger partial charge on any atom is 0.282 e. The Morgan fingerprint density at radius 2 is 1.52 bits per heavy atom. The van der Waals surface area contributed by atoms with Crippen LogP contribution < -0.4 is 14.4 Å². The van der Waals surface area contributed by atoms with Gasteiger partial charge in [0.15, 0.2) is 11.5 Å². The molecular weight excluding hydrogens is 423 g/mol. The predicted molar refractivity (Wildman–Crippen MR) is 123 cm³/mol. The Morgan fingerprint density at radius 3 is 2.18 bits per heavy atom. The van der Waals surface area contributed by atoms with E-state index in [4.69, 9.17) is 9.47 Å². The van der Waals surface area contributed by atoms with Gasteiger partial charge in [-0.3, -0.25) is 9.59 Å². The van der Waals surface area contributed by atoms with Crippen LogP contribution in [0.15, 0.2) is 78.5 Å². The largest absolute Gasteiger partial charge is 0.493 e. The summed E-state index contributed by atoms with van der Waals surface area (Å²) in [4.78, 5) is 29.7. The van der Waals surface area contributed by atoms with Crippen LogP contribution in [0.25, 0.3) is 5.57 Å². The van der Waals surface area contributed by atoms with Gasteiger partial charge in [-0.1, -0.05) is 48.5 Å². The molecule has 6 nitrogen and oxygen atoms in total. The lowest BCUT2D eigenvalue weighted by Gasteiger charge is -2.22. The fourth-order valence-corrected chi connectivity index (χ4v) is 3.91. The molecule has 4 rings (SSSR count). The first-order valence-corrected chi connectivity index (χ1v) is 10.3. The molecule has 1 aliphatic rings. The fourth-order valence-electron chi connectivity index (χ4n) is 3.91. The molecule has 3 aromatic carbocycles. The number of likely N-dealkylation sites (N-methyl/N-ethyl adjacent to an activating group) is 1. The molecule has 0 saturated carbocycles. The summed E-state index contributed by atoms with van der Waals surface area (Å²) >= 11 is 0. The number of rotatable bonds is 7. The van der Waals surface area contributed by atoms with E-state index in [9.17, 15) is 14.0 Å². The smallest absolute Gasteiger partial charge is 0.282 e. The van der Waals surface area contributed by atoms with Gasteiger partial charge in [-0.05, 0) is 35.4 Å². The first-order valence-electron chi connectivity index (χ1n) is 10.3. The van der Waals surface area contributed by atoms with Crippen LogP contribution in [0.5, 0.6) is 11.5 Å². The summed E-state index contributed by atoms with van der Waals surface area (Å²) in [6, 6.07) is 20.3. The summed E-state index contributed by atoms with van der Waals surface area (Å²) in [6.07, 6.45) is 0. The van der Waals surface area contributed by atoms with Gasteiger partial charge < -0.3 is 14.4 Å². The third-order valence-electron chi connectivity index (χ3n) is 5.47. The first kappa shape index (κ1) is 22.1. The molecule has 0 fully saturated rings. The van der Waals surface area contributed by atoms with Gasteiger partial charge in [0.25, 0.3) is 11.8 Å². The Balaban J connectivity index is 1.85. The molecule has 0 bridgehead atoms. The summed E-state index contributed by atoms with van der Waals surface area (Å²) in [5.41, 5.74) is 1.69. The molecule has 0 unspecified atom stereocenters. The van der Waals surface area contributed by atoms with Gasteiger partial charge in [0.2, 0.25) is 0 Å². The third-order valence-corrected chi connectivity index (χ3v) is 5.47. The van der Waals surface area contributed by atoms with Crippen molar-refractivity contribution in [1.82, 2.24) is 4.90 Å². The van der Waals surface area contributed by atoms with E-state index in [1.54, 1.807) is 36.2 Å². The summed E-state index contributed by atoms with van der Waals surface area (Å²) in [7, 11) is 4.74. The number of amides is 2. The van der Waals surface area contributed by atoms with E-state index in [1.165, 1.54) is 32.4 Å². The predicted octanol–water partition coefficient (Wildman–Crippen LogP) is 4.26. The summed E-state index contributed by atoms with van der Waals surface area (Å²) in [5.74, 6) is -0.945. The highest BCUT2D eigenvalue weighted by molar-refractivity contribution is 6.45. The topological polar surface area (TPSA) is 59.1 Å². The van der Waals surface area contributed by atoms with Crippen LogP contribution in [0.1, 0.15) is 11.1 Å². The lowest BCUT2D eigenvalue weighted by molar-refractivity contribution is -0.120. The highest BCUT2D eigenvalue weighted by Gasteiger charge is 2.42. The van der Waals surface area contributed by atoms with Crippen molar-refractivity contribution in [1.29, 1.82) is 0 Å². The normalized spacial score (nSPS) is 13.5. The quantitative estimate of drug-likeness (QED) is 0.508. The summed E-state index contributed by atoms with van der Waals surface area (Å²) < 4.78 is 25.3. The van der Waals surface area contributed by atoms with Crippen molar-refractivity contribution in [2.24, 2.45) is 0 Å². The monoisotopic (exact) mass is 446 g/mol. The molecule has 0 radical (unpaired) electrons. The Labute approximate surface area is 191 Å². The van der Waals surface area contributed by atoms with Gasteiger partial charge in [-0.25, -0.2) is 9.29 Å². The number of carbonyl (C=O) groups excluding carboxylic acids is 2. The van der Waals surface area contributed by atoms with E-state index in [0.717, 1.165) is 10.5 Å². The first-order chi connectivity index (χ1) is 16.0. The molecule has 2 amide bonds. The Bertz CT molecular complexity index is 1240. The number of halogens is 1. The van der Waals surface area contributed by atoms with Gasteiger partial charge in [-0.15, -0.1) is 0 Å². The van der Waals surface area contributed by atoms with Crippen molar-refractivity contribution >= 4 is 23.1 Å². The lowest BCUT2D eigenvalue weighted by Crippen LogP contribution is -2.34. The zero-order chi connectivity index (χ0) is 23.5. The maximum absolute atomic E-state index is 14.6. The number of carbonyl (C=O) groups is 2. The second-order valence-electron chi connectivity index (χ2n) is 7.53. The van der Waals surface area contributed by atoms with E-state index in [2.05, 4.69) is 0 Å². The second-order valence-corrected chi connectivity index (χ2v) is 7.53. The molecule has 33 heavy (non-hydrogen) atoms. The van der Waals surface area contributed by atoms with Gasteiger partial charge >= 0.3 is 0 Å². The Hall–Kier alpha value is -4.13. The molecule has 0 saturated heterocycles. The van der Waals surface area contributed by atoms with Crippen molar-refractivity contribution in [2.75, 3.05) is 26.2 Å². The third kappa shape index (κ3) is 4.05. The van der Waals surface area contributed by atoms with Crippen molar-refractivity contribution < 1.29 is 23.5 Å². The lowest BCUT2D eigenvalue weighted by atomic mass is 10.0. The maximum atomic E-state index is 14.6. The summed E-state index contributed by atoms with van der Waals surface area (Å²) in [5, 5.41) is 0. The van der Waals surface area contributed by atoms with E-state index in [1.807, 2.05) is 30.3 Å². The zero-order valence-electron chi connectivity index (χ0n) is 18.5. The molecule has 1 aliphatic heterocycles. The number of para-hydroxylation sites is 1. The molecular formula is C26H23FN2O4. The highest BCUT2D eigenvalue weighted by atomic mass is 19.1. The van der Waals surface area contributed by atoms with Crippen LogP contribution in [0.2, 0.25) is 0 Å². The van der Waals surface area contributed by atoms with Crippen molar-refractivity contribution in [3.8, 4) is 11.5 Å². The van der Waals surface area contributed by atoms with Crippen LogP contribution in [0, 0.1) is 5.82 Å². The average molecular weight is 446 g/mol. The number of hydrogen-bond acceptors (Lipinski definition) is 5. The molecule has 0 spiro atoms. The van der Waals surface area contributed by atoms with Crippen LogP contribution in [-0.4, -0.2) is 38.0 Å². The van der Waals surface area contributed by atoms with Gasteiger partial charge in [-0.2, -0.15) is 0 Å². The number of nitrogens with zero attached hydrogens (tertiary/aromatic N) is 2. The summed E-state index contributed by atoms with van der Waals surface area (Å²) in [6.45, 7) is 0.386. The van der Waals surface area contributed by atoms with Gasteiger partial charge in [0.05, 0.1) is 25.5 Å². The molecule has 0 atom stereocenters. The molecule has 3 aromatic rings. The molecule has 168 valence electrons. The molecule has 1 heterocycles. The minimum Gasteiger partial charge on any atom is -0.493 e. The molecule has 0 aromatic heterocycles. The number of imide groups is 1. The number of benzene rings is 3. The zero-order valence-corrected chi connectivity index (χ0v) is 18.5. The van der Waals surface area contributed by atoms with E-state index >= 15 is 0 Å². The molecule has 7 heteroatoms. The molecule has 0 aliphatic carbocycles. The van der Waals surface area contributed by atoms with Crippen LogP contribution >= 0.6 is 0 Å². The minimum absolute atomic E-state index is 0.0893. The second kappa shape index (κ2) is 9.16. The highest BCUT2D eigenvalue weighted by Crippen LogP contribution is 2.38. The Morgan fingerprint density at radius 1 is 0.848 bits per heavy atom. The minimum atomic E-state index is -0.655. The van der Waals surface area contributed by atoms with E-state index in [-0.39, 0.29) is 17.0 Å². The number of anilines is 1. The number of hydrogen-bond donors (Lipinski definition) is 0. The average Bonchev–Trinajstić information content (AvgIpc) is 3.09. The van der Waals surface area contributed by atoms with Crippen LogP contribution in [0.4, 0.5) is 10.1 Å². The van der Waals surface area contributed by atoms with E-state index < -0.39 is 17.6 Å². The van der Waals surface area contributed by atoms with Crippen molar-refractivity contribution in [2.45, 2.75) is 6.54 Å².